The number of hydrogen-bond acceptors (Lipinski definition) is 3. The molecule has 3 unspecified atom stereocenters. The van der Waals surface area contributed by atoms with Crippen molar-refractivity contribution in [3.63, 3.8) is 0 Å². The lowest BCUT2D eigenvalue weighted by Crippen LogP contribution is -2.27. The molecule has 0 heterocycles. The van der Waals surface area contributed by atoms with Gasteiger partial charge in [0.1, 0.15) is 0 Å². The van der Waals surface area contributed by atoms with E-state index in [4.69, 9.17) is 0 Å². The Kier molecular flexibility index (Phi) is 3.90. The molecule has 3 atom stereocenters. The number of benzene rings is 1. The number of anilines is 1. The Morgan fingerprint density at radius 1 is 1.17 bits per heavy atom. The van der Waals surface area contributed by atoms with E-state index < -0.39 is 20.2 Å². The van der Waals surface area contributed by atoms with Crippen LogP contribution in [0.2, 0.25) is 0 Å². The van der Waals surface area contributed by atoms with E-state index in [1.54, 1.807) is 0 Å². The minimum atomic E-state index is -5.41. The number of amides is 1. The maximum atomic E-state index is 12.6. The van der Waals surface area contributed by atoms with Crippen LogP contribution in [0.4, 0.5) is 18.9 Å². The minimum Gasteiger partial charge on any atom is -0.326 e. The lowest BCUT2D eigenvalue weighted by atomic mass is 9.88. The van der Waals surface area contributed by atoms with Gasteiger partial charge in [-0.2, -0.15) is 13.2 Å². The number of sulfone groups is 1. The van der Waals surface area contributed by atoms with Crippen molar-refractivity contribution in [2.24, 2.45) is 17.8 Å². The molecular formula is C15H16F3NO3S. The van der Waals surface area contributed by atoms with Gasteiger partial charge in [-0.1, -0.05) is 12.5 Å². The fourth-order valence-corrected chi connectivity index (χ4v) is 4.48. The molecule has 0 radical (unpaired) electrons. The fraction of sp³-hybridized carbons (Fsp3) is 0.533. The second-order valence-corrected chi connectivity index (χ2v) is 8.19. The highest BCUT2D eigenvalue weighted by Gasteiger charge is 2.47. The van der Waals surface area contributed by atoms with Gasteiger partial charge in [-0.3, -0.25) is 4.79 Å². The zero-order chi connectivity index (χ0) is 16.8. The van der Waals surface area contributed by atoms with Crippen molar-refractivity contribution in [1.29, 1.82) is 0 Å². The molecule has 8 heteroatoms. The van der Waals surface area contributed by atoms with Gasteiger partial charge in [-0.25, -0.2) is 8.42 Å². The Balaban J connectivity index is 1.77. The molecule has 2 aliphatic carbocycles. The molecule has 1 aromatic carbocycles. The molecule has 0 spiro atoms. The Labute approximate surface area is 132 Å². The molecule has 3 rings (SSSR count). The Bertz CT molecular complexity index is 730. The maximum Gasteiger partial charge on any atom is 0.501 e. The monoisotopic (exact) mass is 347 g/mol. The predicted molar refractivity (Wildman–Crippen MR) is 77.3 cm³/mol. The third-order valence-corrected chi connectivity index (χ3v) is 6.28. The summed E-state index contributed by atoms with van der Waals surface area (Å²) >= 11 is 0. The van der Waals surface area contributed by atoms with Crippen LogP contribution in [0.3, 0.4) is 0 Å². The predicted octanol–water partition coefficient (Wildman–Crippen LogP) is 3.35. The largest absolute Gasteiger partial charge is 0.501 e. The Hall–Kier alpha value is -1.57. The molecule has 2 bridgehead atoms. The highest BCUT2D eigenvalue weighted by Crippen LogP contribution is 2.48. The number of carbonyl (C=O) groups excluding carboxylic acids is 1. The number of carbonyl (C=O) groups is 1. The van der Waals surface area contributed by atoms with Gasteiger partial charge in [-0.05, 0) is 49.3 Å². The van der Waals surface area contributed by atoms with Crippen LogP contribution in [0.1, 0.15) is 25.7 Å². The van der Waals surface area contributed by atoms with Gasteiger partial charge in [-0.15, -0.1) is 0 Å². The molecule has 0 aliphatic heterocycles. The van der Waals surface area contributed by atoms with E-state index >= 15 is 0 Å². The molecule has 1 N–H and O–H groups in total. The quantitative estimate of drug-likeness (QED) is 0.912. The van der Waals surface area contributed by atoms with E-state index in [1.165, 1.54) is 12.1 Å². The topological polar surface area (TPSA) is 63.2 Å². The zero-order valence-corrected chi connectivity index (χ0v) is 13.0. The van der Waals surface area contributed by atoms with Gasteiger partial charge in [0.25, 0.3) is 9.84 Å². The van der Waals surface area contributed by atoms with Crippen LogP contribution in [0.15, 0.2) is 29.2 Å². The summed E-state index contributed by atoms with van der Waals surface area (Å²) in [4.78, 5) is 11.4. The van der Waals surface area contributed by atoms with Crippen LogP contribution in [-0.4, -0.2) is 19.8 Å². The smallest absolute Gasteiger partial charge is 0.326 e. The van der Waals surface area contributed by atoms with Crippen LogP contribution in [0.25, 0.3) is 0 Å². The molecule has 23 heavy (non-hydrogen) atoms. The first-order valence-electron chi connectivity index (χ1n) is 7.41. The first-order valence-corrected chi connectivity index (χ1v) is 8.89. The van der Waals surface area contributed by atoms with E-state index in [0.717, 1.165) is 37.8 Å². The third-order valence-electron chi connectivity index (χ3n) is 4.79. The lowest BCUT2D eigenvalue weighted by Gasteiger charge is -2.21. The lowest BCUT2D eigenvalue weighted by molar-refractivity contribution is -0.121. The average molecular weight is 347 g/mol. The van der Waals surface area contributed by atoms with Gasteiger partial charge in [0.15, 0.2) is 0 Å². The highest BCUT2D eigenvalue weighted by atomic mass is 32.2. The van der Waals surface area contributed by atoms with Crippen molar-refractivity contribution in [1.82, 2.24) is 0 Å². The fourth-order valence-electron chi connectivity index (χ4n) is 3.68. The van der Waals surface area contributed by atoms with E-state index in [2.05, 4.69) is 5.32 Å². The Morgan fingerprint density at radius 3 is 2.48 bits per heavy atom. The van der Waals surface area contributed by atoms with Crippen LogP contribution in [0, 0.1) is 17.8 Å². The molecule has 1 amide bonds. The number of nitrogens with one attached hydrogen (secondary N) is 1. The minimum absolute atomic E-state index is 0.0723. The van der Waals surface area contributed by atoms with Crippen LogP contribution >= 0.6 is 0 Å². The van der Waals surface area contributed by atoms with E-state index in [1.807, 2.05) is 0 Å². The maximum absolute atomic E-state index is 12.6. The highest BCUT2D eigenvalue weighted by molar-refractivity contribution is 7.92. The molecule has 2 fully saturated rings. The van der Waals surface area contributed by atoms with Gasteiger partial charge < -0.3 is 5.32 Å². The zero-order valence-electron chi connectivity index (χ0n) is 12.1. The summed E-state index contributed by atoms with van der Waals surface area (Å²) < 4.78 is 60.6. The van der Waals surface area contributed by atoms with Gasteiger partial charge in [0, 0.05) is 11.6 Å². The molecule has 1 aromatic rings. The van der Waals surface area contributed by atoms with Crippen molar-refractivity contribution in [2.75, 3.05) is 5.32 Å². The molecule has 0 aromatic heterocycles. The second-order valence-electron chi connectivity index (χ2n) is 6.25. The normalized spacial score (nSPS) is 27.2. The summed E-state index contributed by atoms with van der Waals surface area (Å²) in [5, 5.41) is 2.56. The summed E-state index contributed by atoms with van der Waals surface area (Å²) in [6.45, 7) is 0. The second kappa shape index (κ2) is 5.51. The summed E-state index contributed by atoms with van der Waals surface area (Å²) in [6, 6.07) is 4.31. The van der Waals surface area contributed by atoms with E-state index in [9.17, 15) is 26.4 Å². The molecular weight excluding hydrogens is 331 g/mol. The molecule has 4 nitrogen and oxygen atoms in total. The molecule has 0 saturated heterocycles. The summed E-state index contributed by atoms with van der Waals surface area (Å²) in [5.74, 6) is 0.533. The van der Waals surface area contributed by atoms with Crippen LogP contribution in [-0.2, 0) is 14.6 Å². The van der Waals surface area contributed by atoms with Crippen molar-refractivity contribution in [2.45, 2.75) is 36.1 Å². The first kappa shape index (κ1) is 16.3. The van der Waals surface area contributed by atoms with Gasteiger partial charge >= 0.3 is 5.51 Å². The summed E-state index contributed by atoms with van der Waals surface area (Å²) in [6.07, 6.45) is 3.97. The number of hydrogen-bond donors (Lipinski definition) is 1. The summed E-state index contributed by atoms with van der Waals surface area (Å²) in [7, 11) is -5.41. The van der Waals surface area contributed by atoms with E-state index in [-0.39, 0.29) is 17.5 Å². The van der Waals surface area contributed by atoms with Crippen LogP contribution < -0.4 is 5.32 Å². The number of halogens is 3. The SMILES string of the molecule is O=C(Nc1cccc(S(=O)(=O)C(F)(F)F)c1)C1CC2CCC1C2. The van der Waals surface area contributed by atoms with E-state index in [0.29, 0.717) is 11.8 Å². The van der Waals surface area contributed by atoms with Gasteiger partial charge in [0.2, 0.25) is 5.91 Å². The Morgan fingerprint density at radius 2 is 1.91 bits per heavy atom. The average Bonchev–Trinajstić information content (AvgIpc) is 3.09. The first-order chi connectivity index (χ1) is 10.7. The van der Waals surface area contributed by atoms with Crippen LogP contribution in [0.5, 0.6) is 0 Å². The summed E-state index contributed by atoms with van der Waals surface area (Å²) in [5.41, 5.74) is -5.29. The number of fused-ring (bicyclic) bond motifs is 2. The third kappa shape index (κ3) is 2.96. The van der Waals surface area contributed by atoms with Crippen molar-refractivity contribution in [3.8, 4) is 0 Å². The van der Waals surface area contributed by atoms with Crippen molar-refractivity contribution < 1.29 is 26.4 Å². The van der Waals surface area contributed by atoms with Gasteiger partial charge in [0.05, 0.1) is 4.90 Å². The number of alkyl halides is 3. The van der Waals surface area contributed by atoms with Crippen molar-refractivity contribution in [3.05, 3.63) is 24.3 Å². The molecule has 2 aliphatic rings. The standard InChI is InChI=1S/C15H16F3NO3S/c16-15(17,18)23(21,22)12-3-1-2-11(8-12)19-14(20)13-7-9-4-5-10(13)6-9/h1-3,8-10,13H,4-7H2,(H,19,20). The molecule has 2 saturated carbocycles. The molecule has 126 valence electrons. The van der Waals surface area contributed by atoms with Crippen molar-refractivity contribution >= 4 is 21.4 Å². The number of rotatable bonds is 3.